The Hall–Kier alpha value is -1.40. The van der Waals surface area contributed by atoms with Gasteiger partial charge in [-0.3, -0.25) is 0 Å². The maximum Gasteiger partial charge on any atom is 0.191 e. The summed E-state index contributed by atoms with van der Waals surface area (Å²) in [5, 5.41) is 12.0. The molecule has 120 valence electrons. The minimum atomic E-state index is 0.478. The van der Waals surface area contributed by atoms with Gasteiger partial charge in [0.05, 0.1) is 12.2 Å². The van der Waals surface area contributed by atoms with E-state index in [2.05, 4.69) is 64.3 Å². The first kappa shape index (κ1) is 17.0. The van der Waals surface area contributed by atoms with E-state index >= 15 is 0 Å². The minimum Gasteiger partial charge on any atom is -0.357 e. The van der Waals surface area contributed by atoms with E-state index in [0.717, 1.165) is 36.2 Å². The van der Waals surface area contributed by atoms with Crippen molar-refractivity contribution in [3.05, 3.63) is 38.5 Å². The quantitative estimate of drug-likeness (QED) is 0.600. The molecular weight excluding hydrogens is 312 g/mol. The topological polar surface area (TPSA) is 49.3 Å². The average Bonchev–Trinajstić information content (AvgIpc) is 3.16. The van der Waals surface area contributed by atoms with Gasteiger partial charge in [-0.2, -0.15) is 0 Å². The molecule has 2 heterocycles. The van der Waals surface area contributed by atoms with Crippen LogP contribution in [0.25, 0.3) is 0 Å². The molecule has 0 bridgehead atoms. The van der Waals surface area contributed by atoms with E-state index in [0.29, 0.717) is 12.5 Å². The van der Waals surface area contributed by atoms with Crippen molar-refractivity contribution < 1.29 is 0 Å². The van der Waals surface area contributed by atoms with Crippen molar-refractivity contribution in [1.82, 2.24) is 15.6 Å². The van der Waals surface area contributed by atoms with Crippen molar-refractivity contribution in [3.8, 4) is 0 Å². The molecular formula is C16H24N4S2. The van der Waals surface area contributed by atoms with Gasteiger partial charge in [0.15, 0.2) is 5.96 Å². The summed E-state index contributed by atoms with van der Waals surface area (Å²) in [5.74, 6) is 1.34. The molecule has 0 fully saturated rings. The molecule has 4 nitrogen and oxygen atoms in total. The van der Waals surface area contributed by atoms with Gasteiger partial charge >= 0.3 is 0 Å². The fraction of sp³-hybridized carbons (Fsp3) is 0.500. The van der Waals surface area contributed by atoms with Crippen molar-refractivity contribution in [2.45, 2.75) is 39.7 Å². The maximum atomic E-state index is 4.62. The lowest BCUT2D eigenvalue weighted by atomic mass is 10.2. The van der Waals surface area contributed by atoms with Gasteiger partial charge in [0.2, 0.25) is 0 Å². The summed E-state index contributed by atoms with van der Waals surface area (Å²) in [4.78, 5) is 10.6. The molecule has 2 N–H and O–H groups in total. The van der Waals surface area contributed by atoms with Gasteiger partial charge in [-0.15, -0.1) is 22.7 Å². The van der Waals surface area contributed by atoms with Gasteiger partial charge in [-0.1, -0.05) is 19.9 Å². The molecule has 2 rings (SSSR count). The van der Waals surface area contributed by atoms with Crippen LogP contribution in [0.2, 0.25) is 0 Å². The first-order valence-corrected chi connectivity index (χ1v) is 9.43. The maximum absolute atomic E-state index is 4.62. The highest BCUT2D eigenvalue weighted by Crippen LogP contribution is 2.18. The molecule has 0 saturated carbocycles. The predicted molar refractivity (Wildman–Crippen MR) is 97.0 cm³/mol. The van der Waals surface area contributed by atoms with Crippen LogP contribution in [0.15, 0.2) is 27.9 Å². The van der Waals surface area contributed by atoms with E-state index in [9.17, 15) is 0 Å². The highest BCUT2D eigenvalue weighted by atomic mass is 32.1. The molecule has 22 heavy (non-hydrogen) atoms. The van der Waals surface area contributed by atoms with Crippen LogP contribution in [0.3, 0.4) is 0 Å². The highest BCUT2D eigenvalue weighted by molar-refractivity contribution is 7.10. The van der Waals surface area contributed by atoms with Crippen LogP contribution in [-0.2, 0) is 13.0 Å². The Labute approximate surface area is 140 Å². The van der Waals surface area contributed by atoms with Crippen molar-refractivity contribution in [2.75, 3.05) is 13.1 Å². The van der Waals surface area contributed by atoms with Gasteiger partial charge in [0.1, 0.15) is 5.01 Å². The normalized spacial score (nSPS) is 11.9. The molecule has 0 unspecified atom stereocenters. The molecule has 0 aromatic carbocycles. The summed E-state index contributed by atoms with van der Waals surface area (Å²) >= 11 is 3.48. The minimum absolute atomic E-state index is 0.478. The number of aromatic nitrogens is 1. The van der Waals surface area contributed by atoms with E-state index in [1.807, 2.05) is 0 Å². The number of guanidine groups is 1. The Kier molecular flexibility index (Phi) is 6.86. The fourth-order valence-electron chi connectivity index (χ4n) is 1.91. The van der Waals surface area contributed by atoms with Crippen LogP contribution in [0.5, 0.6) is 0 Å². The van der Waals surface area contributed by atoms with Gasteiger partial charge in [0, 0.05) is 23.3 Å². The fourth-order valence-corrected chi connectivity index (χ4v) is 3.50. The molecule has 2 aromatic rings. The lowest BCUT2D eigenvalue weighted by molar-refractivity contribution is 0.797. The molecule has 0 amide bonds. The van der Waals surface area contributed by atoms with Crippen LogP contribution in [0.4, 0.5) is 0 Å². The highest BCUT2D eigenvalue weighted by Gasteiger charge is 2.05. The number of hydrogen-bond donors (Lipinski definition) is 2. The van der Waals surface area contributed by atoms with Crippen LogP contribution in [-0.4, -0.2) is 24.0 Å². The average molecular weight is 337 g/mol. The van der Waals surface area contributed by atoms with Crippen molar-refractivity contribution in [3.63, 3.8) is 0 Å². The van der Waals surface area contributed by atoms with Crippen molar-refractivity contribution in [1.29, 1.82) is 0 Å². The molecule has 0 radical (unpaired) electrons. The third-order valence-electron chi connectivity index (χ3n) is 3.12. The smallest absolute Gasteiger partial charge is 0.191 e. The number of rotatable bonds is 7. The Bertz CT molecular complexity index is 573. The number of thiazole rings is 1. The second kappa shape index (κ2) is 8.90. The number of hydrogen-bond acceptors (Lipinski definition) is 4. The summed E-state index contributed by atoms with van der Waals surface area (Å²) in [6, 6.07) is 4.26. The molecule has 0 aliphatic heterocycles. The Morgan fingerprint density at radius 1 is 1.32 bits per heavy atom. The number of thiophene rings is 1. The van der Waals surface area contributed by atoms with E-state index in [1.165, 1.54) is 4.88 Å². The van der Waals surface area contributed by atoms with E-state index < -0.39 is 0 Å². The molecule has 0 spiro atoms. The van der Waals surface area contributed by atoms with Crippen LogP contribution in [0.1, 0.15) is 42.3 Å². The Balaban J connectivity index is 1.85. The Morgan fingerprint density at radius 3 is 2.82 bits per heavy atom. The lowest BCUT2D eigenvalue weighted by Crippen LogP contribution is -2.38. The van der Waals surface area contributed by atoms with Crippen LogP contribution >= 0.6 is 22.7 Å². The molecule has 0 aliphatic rings. The standard InChI is InChI=1S/C16H24N4S2/c1-4-17-16(18-8-7-13-6-5-9-21-13)19-10-15-20-14(11-22-15)12(2)3/h5-6,9,11-12H,4,7-8,10H2,1-3H3,(H2,17,18,19). The SMILES string of the molecule is CCNC(=NCc1nc(C(C)C)cs1)NCCc1cccs1. The molecule has 0 atom stereocenters. The summed E-state index contributed by atoms with van der Waals surface area (Å²) in [6.07, 6.45) is 1.02. The summed E-state index contributed by atoms with van der Waals surface area (Å²) in [5.41, 5.74) is 1.16. The van der Waals surface area contributed by atoms with Gasteiger partial charge in [-0.25, -0.2) is 9.98 Å². The third kappa shape index (κ3) is 5.42. The summed E-state index contributed by atoms with van der Waals surface area (Å²) < 4.78 is 0. The zero-order valence-corrected chi connectivity index (χ0v) is 15.1. The van der Waals surface area contributed by atoms with Crippen LogP contribution in [0, 0.1) is 0 Å². The van der Waals surface area contributed by atoms with Crippen LogP contribution < -0.4 is 10.6 Å². The molecule has 2 aromatic heterocycles. The summed E-state index contributed by atoms with van der Waals surface area (Å²) in [7, 11) is 0. The second-order valence-electron chi connectivity index (χ2n) is 5.27. The first-order chi connectivity index (χ1) is 10.7. The molecule has 6 heteroatoms. The zero-order valence-electron chi connectivity index (χ0n) is 13.4. The van der Waals surface area contributed by atoms with E-state index in [4.69, 9.17) is 0 Å². The largest absolute Gasteiger partial charge is 0.357 e. The van der Waals surface area contributed by atoms with E-state index in [-0.39, 0.29) is 0 Å². The van der Waals surface area contributed by atoms with Gasteiger partial charge in [-0.05, 0) is 30.7 Å². The number of nitrogens with zero attached hydrogens (tertiary/aromatic N) is 2. The van der Waals surface area contributed by atoms with Gasteiger partial charge < -0.3 is 10.6 Å². The predicted octanol–water partition coefficient (Wildman–Crippen LogP) is 3.63. The van der Waals surface area contributed by atoms with Crippen molar-refractivity contribution in [2.24, 2.45) is 4.99 Å². The monoisotopic (exact) mass is 336 g/mol. The number of aliphatic imine (C=N–C) groups is 1. The Morgan fingerprint density at radius 2 is 2.18 bits per heavy atom. The first-order valence-electron chi connectivity index (χ1n) is 7.68. The second-order valence-corrected chi connectivity index (χ2v) is 7.25. The van der Waals surface area contributed by atoms with Crippen molar-refractivity contribution >= 4 is 28.6 Å². The lowest BCUT2D eigenvalue weighted by Gasteiger charge is -2.10. The van der Waals surface area contributed by atoms with Gasteiger partial charge in [0.25, 0.3) is 0 Å². The summed E-state index contributed by atoms with van der Waals surface area (Å²) in [6.45, 7) is 8.79. The molecule has 0 saturated heterocycles. The third-order valence-corrected chi connectivity index (χ3v) is 4.91. The van der Waals surface area contributed by atoms with E-state index in [1.54, 1.807) is 22.7 Å². The zero-order chi connectivity index (χ0) is 15.8. The number of nitrogens with one attached hydrogen (secondary N) is 2. The molecule has 0 aliphatic carbocycles.